The predicted molar refractivity (Wildman–Crippen MR) is 143 cm³/mol. The minimum absolute atomic E-state index is 0.00802. The molecule has 3 saturated heterocycles. The summed E-state index contributed by atoms with van der Waals surface area (Å²) in [6, 6.07) is 11.8. The second-order valence-corrected chi connectivity index (χ2v) is 13.2. The average Bonchev–Trinajstić information content (AvgIpc) is 2.97. The molecule has 0 amide bonds. The number of carboxylic acids is 1. The highest BCUT2D eigenvalue weighted by Crippen LogP contribution is 2.58. The van der Waals surface area contributed by atoms with E-state index in [-0.39, 0.29) is 21.9 Å². The first-order valence-corrected chi connectivity index (χ1v) is 14.9. The van der Waals surface area contributed by atoms with Crippen LogP contribution < -0.4 is 10.2 Å². The number of aliphatic hydroxyl groups is 3. The molecule has 0 spiro atoms. The van der Waals surface area contributed by atoms with Crippen molar-refractivity contribution in [2.24, 2.45) is 5.92 Å². The zero-order valence-electron chi connectivity index (χ0n) is 22.5. The Kier molecular flexibility index (Phi) is 7.12. The van der Waals surface area contributed by atoms with E-state index in [4.69, 9.17) is 22.1 Å². The molecule has 6 rings (SSSR count). The van der Waals surface area contributed by atoms with Crippen LogP contribution in [0.2, 0.25) is 0 Å². The summed E-state index contributed by atoms with van der Waals surface area (Å²) in [4.78, 5) is 11.9. The number of aliphatic hydroxyl groups excluding tert-OH is 2. The van der Waals surface area contributed by atoms with Crippen LogP contribution in [0.3, 0.4) is 0 Å². The maximum absolute atomic E-state index is 13.7. The molecule has 0 aromatic heterocycles. The predicted octanol–water partition coefficient (Wildman–Crippen LogP) is 0.984. The monoisotopic (exact) mass is 572 g/mol. The fourth-order valence-corrected chi connectivity index (χ4v) is 8.10. The molecule has 8 atom stereocenters. The molecular formula is C28H33BO10S. The first-order valence-electron chi connectivity index (χ1n) is 13.3. The maximum Gasteiger partial charge on any atom is 0.367 e. The lowest BCUT2D eigenvalue weighted by molar-refractivity contribution is -0.537. The van der Waals surface area contributed by atoms with E-state index in [9.17, 15) is 33.6 Å². The number of hydrogen-bond donors (Lipinski definition) is 4. The minimum Gasteiger partial charge on any atom is -0.477 e. The van der Waals surface area contributed by atoms with Crippen molar-refractivity contribution in [2.45, 2.75) is 86.3 Å². The molecule has 2 aromatic rings. The molecule has 40 heavy (non-hydrogen) atoms. The molecule has 5 unspecified atom stereocenters. The number of unbranched alkanes of at least 4 members (excludes halogenated alkanes) is 1. The van der Waals surface area contributed by atoms with Gasteiger partial charge in [0.2, 0.25) is 6.29 Å². The van der Waals surface area contributed by atoms with Crippen LogP contribution in [0, 0.1) is 5.92 Å². The Morgan fingerprint density at radius 2 is 1.85 bits per heavy atom. The molecule has 0 aliphatic carbocycles. The van der Waals surface area contributed by atoms with E-state index in [1.807, 2.05) is 37.3 Å². The molecular weight excluding hydrogens is 539 g/mol. The van der Waals surface area contributed by atoms with E-state index in [0.717, 1.165) is 18.4 Å². The molecule has 3 fully saturated rings. The molecule has 2 aromatic carbocycles. The van der Waals surface area contributed by atoms with E-state index in [1.165, 1.54) is 26.0 Å². The summed E-state index contributed by atoms with van der Waals surface area (Å²) in [7, 11) is 2.40. The molecule has 4 aliphatic rings. The number of sulfone groups is 1. The summed E-state index contributed by atoms with van der Waals surface area (Å²) in [5, 5.41) is 43.0. The lowest BCUT2D eigenvalue weighted by atomic mass is 9.66. The highest BCUT2D eigenvalue weighted by Gasteiger charge is 2.84. The van der Waals surface area contributed by atoms with Crippen LogP contribution in [0.5, 0.6) is 5.75 Å². The Bertz CT molecular complexity index is 1410. The van der Waals surface area contributed by atoms with Crippen LogP contribution in [-0.2, 0) is 24.1 Å². The van der Waals surface area contributed by atoms with Crippen LogP contribution >= 0.6 is 0 Å². The largest absolute Gasteiger partial charge is 0.477 e. The first kappa shape index (κ1) is 29.0. The van der Waals surface area contributed by atoms with Gasteiger partial charge in [-0.3, -0.25) is 4.74 Å². The van der Waals surface area contributed by atoms with Gasteiger partial charge in [0.05, 0.1) is 16.8 Å². The second kappa shape index (κ2) is 9.82. The summed E-state index contributed by atoms with van der Waals surface area (Å²) >= 11 is 0. The summed E-state index contributed by atoms with van der Waals surface area (Å²) in [5.41, 5.74) is -2.82. The quantitative estimate of drug-likeness (QED) is 0.353. The number of aliphatic carboxylic acids is 1. The van der Waals surface area contributed by atoms with E-state index >= 15 is 0 Å². The van der Waals surface area contributed by atoms with E-state index < -0.39 is 63.1 Å². The Labute approximate surface area is 234 Å². The standard InChI is InChI=1S/C28H33BO10S/c1-4-5-9-16-14-40(35,36)20-13-19(18(29)12-17(20)21(22(16)30)15-10-7-6-8-11-15)37-24-23(31)26(2)27(3,34)28(38-24,39-26)25(32)33/h6-8,10-13,16,21-24,30-31,34H,4-5,9,14H2,1-3H3,(H,32,33)/t16-,21-,22+,23?,24?,26?,27?,28?/m1/s1. The average molecular weight is 572 g/mol. The van der Waals surface area contributed by atoms with Crippen molar-refractivity contribution >= 4 is 29.1 Å². The van der Waals surface area contributed by atoms with Crippen LogP contribution in [0.1, 0.15) is 57.1 Å². The SMILES string of the molecule is [B]c1cc2c(cc1OC1OC3(C(=O)O)OC(C)(C1O)C3(C)O)S(=O)(=O)C[C@@H](CCCC)[C@H](O)[C@@H]2c1ccccc1. The van der Waals surface area contributed by atoms with Gasteiger partial charge in [-0.25, -0.2) is 13.2 Å². The smallest absolute Gasteiger partial charge is 0.367 e. The first-order chi connectivity index (χ1) is 18.7. The van der Waals surface area contributed by atoms with Crippen molar-refractivity contribution in [3.8, 4) is 5.75 Å². The van der Waals surface area contributed by atoms with E-state index in [1.54, 1.807) is 0 Å². The van der Waals surface area contributed by atoms with Gasteiger partial charge in [0.25, 0.3) is 0 Å². The highest BCUT2D eigenvalue weighted by molar-refractivity contribution is 7.91. The molecule has 12 heteroatoms. The van der Waals surface area contributed by atoms with Crippen molar-refractivity contribution in [1.29, 1.82) is 0 Å². The number of carboxylic acid groups (broad SMARTS) is 1. The normalized spacial score (nSPS) is 38.0. The number of ether oxygens (including phenoxy) is 3. The molecule has 4 aliphatic heterocycles. The molecule has 214 valence electrons. The highest BCUT2D eigenvalue weighted by atomic mass is 32.2. The van der Waals surface area contributed by atoms with Crippen molar-refractivity contribution in [1.82, 2.24) is 0 Å². The number of carbonyl (C=O) groups is 1. The van der Waals surface area contributed by atoms with Crippen LogP contribution in [0.25, 0.3) is 0 Å². The van der Waals surface area contributed by atoms with Crippen LogP contribution in [0.4, 0.5) is 0 Å². The van der Waals surface area contributed by atoms with Crippen molar-refractivity contribution in [3.63, 3.8) is 0 Å². The number of benzene rings is 2. The van der Waals surface area contributed by atoms with Gasteiger partial charge in [0.15, 0.2) is 15.4 Å². The third-order valence-corrected chi connectivity index (χ3v) is 10.6. The van der Waals surface area contributed by atoms with Crippen molar-refractivity contribution < 1.29 is 47.8 Å². The van der Waals surface area contributed by atoms with Gasteiger partial charge < -0.3 is 29.9 Å². The van der Waals surface area contributed by atoms with Crippen molar-refractivity contribution in [3.05, 3.63) is 53.6 Å². The minimum atomic E-state index is -3.94. The number of rotatable bonds is 7. The number of hydrogen-bond acceptors (Lipinski definition) is 9. The Hall–Kier alpha value is -2.48. The molecule has 4 N–H and O–H groups in total. The Morgan fingerprint density at radius 3 is 2.45 bits per heavy atom. The van der Waals surface area contributed by atoms with Gasteiger partial charge in [0.1, 0.15) is 25.3 Å². The lowest BCUT2D eigenvalue weighted by Gasteiger charge is -2.67. The van der Waals surface area contributed by atoms with E-state index in [2.05, 4.69) is 0 Å². The zero-order valence-corrected chi connectivity index (χ0v) is 23.3. The summed E-state index contributed by atoms with van der Waals surface area (Å²) < 4.78 is 44.1. The molecule has 4 heterocycles. The van der Waals surface area contributed by atoms with Crippen LogP contribution in [0.15, 0.2) is 47.4 Å². The maximum atomic E-state index is 13.7. The van der Waals surface area contributed by atoms with Gasteiger partial charge >= 0.3 is 11.8 Å². The Balaban J connectivity index is 1.58. The van der Waals surface area contributed by atoms with Crippen molar-refractivity contribution in [2.75, 3.05) is 5.75 Å². The molecule has 10 nitrogen and oxygen atoms in total. The third-order valence-electron chi connectivity index (χ3n) is 8.75. The molecule has 2 radical (unpaired) electrons. The van der Waals surface area contributed by atoms with E-state index in [0.29, 0.717) is 12.0 Å². The Morgan fingerprint density at radius 1 is 1.18 bits per heavy atom. The summed E-state index contributed by atoms with van der Waals surface area (Å²) in [6.45, 7) is 4.50. The van der Waals surface area contributed by atoms with Gasteiger partial charge in [-0.1, -0.05) is 61.6 Å². The fraction of sp³-hybridized carbons (Fsp3) is 0.536. The second-order valence-electron chi connectivity index (χ2n) is 11.2. The topological polar surface area (TPSA) is 160 Å². The van der Waals surface area contributed by atoms with Gasteiger partial charge in [0, 0.05) is 11.8 Å². The van der Waals surface area contributed by atoms with Gasteiger partial charge in [-0.05, 0) is 37.5 Å². The van der Waals surface area contributed by atoms with Crippen LogP contribution in [-0.4, -0.2) is 83.9 Å². The van der Waals surface area contributed by atoms with Gasteiger partial charge in [-0.2, -0.15) is 0 Å². The lowest BCUT2D eigenvalue weighted by Crippen LogP contribution is -2.91. The summed E-state index contributed by atoms with van der Waals surface area (Å²) in [6.07, 6.45) is -2.20. The molecule has 2 bridgehead atoms. The van der Waals surface area contributed by atoms with Gasteiger partial charge in [-0.15, -0.1) is 0 Å². The molecule has 0 saturated carbocycles. The summed E-state index contributed by atoms with van der Waals surface area (Å²) in [5.74, 6) is -5.79. The third kappa shape index (κ3) is 4.11. The number of fused-ring (bicyclic) bond motifs is 3. The fourth-order valence-electron chi connectivity index (χ4n) is 6.16. The zero-order chi connectivity index (χ0) is 29.3.